The van der Waals surface area contributed by atoms with Crippen LogP contribution in [0, 0.1) is 13.8 Å². The third-order valence-electron chi connectivity index (χ3n) is 3.58. The maximum Gasteiger partial charge on any atom is 0.243 e. The fourth-order valence-electron chi connectivity index (χ4n) is 2.20. The summed E-state index contributed by atoms with van der Waals surface area (Å²) in [5.41, 5.74) is 7.60. The second-order valence-corrected chi connectivity index (χ2v) is 7.04. The number of nitrogen functional groups attached to an aromatic ring is 1. The van der Waals surface area contributed by atoms with E-state index in [-0.39, 0.29) is 17.3 Å². The van der Waals surface area contributed by atoms with E-state index in [1.165, 1.54) is 9.21 Å². The lowest BCUT2D eigenvalue weighted by molar-refractivity contribution is -0.132. The first-order chi connectivity index (χ1) is 9.23. The lowest BCUT2D eigenvalue weighted by atomic mass is 10.1. The third-order valence-corrected chi connectivity index (χ3v) is 5.56. The van der Waals surface area contributed by atoms with Crippen LogP contribution in [0.2, 0.25) is 0 Å². The molecule has 20 heavy (non-hydrogen) atoms. The van der Waals surface area contributed by atoms with Gasteiger partial charge in [0.25, 0.3) is 0 Å². The zero-order valence-corrected chi connectivity index (χ0v) is 12.7. The normalized spacial score (nSPS) is 17.6. The van der Waals surface area contributed by atoms with Crippen LogP contribution in [0.25, 0.3) is 0 Å². The molecule has 0 bridgehead atoms. The van der Waals surface area contributed by atoms with Crippen molar-refractivity contribution in [3.63, 3.8) is 0 Å². The van der Waals surface area contributed by atoms with Crippen LogP contribution in [0.15, 0.2) is 17.0 Å². The van der Waals surface area contributed by atoms with E-state index in [1.807, 2.05) is 0 Å². The first kappa shape index (κ1) is 14.8. The molecule has 6 nitrogen and oxygen atoms in total. The van der Waals surface area contributed by atoms with E-state index >= 15 is 0 Å². The maximum atomic E-state index is 12.7. The van der Waals surface area contributed by atoms with Gasteiger partial charge in [-0.05, 0) is 37.1 Å². The van der Waals surface area contributed by atoms with Crippen molar-refractivity contribution in [2.75, 3.05) is 32.4 Å². The highest BCUT2D eigenvalue weighted by molar-refractivity contribution is 7.89. The lowest BCUT2D eigenvalue weighted by Gasteiger charge is -2.31. The van der Waals surface area contributed by atoms with Crippen molar-refractivity contribution >= 4 is 21.6 Å². The van der Waals surface area contributed by atoms with E-state index in [1.54, 1.807) is 33.0 Å². The standard InChI is InChI=1S/C13H19N3O3S/c1-9-6-11(14)10(2)12(7-9)20(18,19)16-5-4-15(3)13(17)8-16/h6-7H,4-5,8,14H2,1-3H3. The number of carbonyl (C=O) groups excluding carboxylic acids is 1. The first-order valence-corrected chi connectivity index (χ1v) is 7.78. The minimum atomic E-state index is -3.69. The van der Waals surface area contributed by atoms with Gasteiger partial charge in [-0.25, -0.2) is 8.42 Å². The van der Waals surface area contributed by atoms with Gasteiger partial charge in [-0.2, -0.15) is 4.31 Å². The highest BCUT2D eigenvalue weighted by Crippen LogP contribution is 2.26. The van der Waals surface area contributed by atoms with Crippen molar-refractivity contribution in [1.82, 2.24) is 9.21 Å². The molecule has 1 amide bonds. The molecule has 110 valence electrons. The molecule has 2 N–H and O–H groups in total. The van der Waals surface area contributed by atoms with E-state index in [9.17, 15) is 13.2 Å². The number of aryl methyl sites for hydroxylation is 1. The van der Waals surface area contributed by atoms with Crippen LogP contribution in [0.1, 0.15) is 11.1 Å². The second kappa shape index (κ2) is 5.06. The van der Waals surface area contributed by atoms with Crippen LogP contribution in [0.5, 0.6) is 0 Å². The quantitative estimate of drug-likeness (QED) is 0.798. The maximum absolute atomic E-state index is 12.7. The summed E-state index contributed by atoms with van der Waals surface area (Å²) in [6.07, 6.45) is 0. The van der Waals surface area contributed by atoms with Gasteiger partial charge in [0.05, 0.1) is 11.4 Å². The van der Waals surface area contributed by atoms with Crippen LogP contribution in [-0.2, 0) is 14.8 Å². The Kier molecular flexibility index (Phi) is 3.75. The van der Waals surface area contributed by atoms with Crippen molar-refractivity contribution in [2.45, 2.75) is 18.7 Å². The van der Waals surface area contributed by atoms with E-state index in [0.29, 0.717) is 24.3 Å². The summed E-state index contributed by atoms with van der Waals surface area (Å²) in [7, 11) is -2.02. The van der Waals surface area contributed by atoms with E-state index in [0.717, 1.165) is 5.56 Å². The number of nitrogens with two attached hydrogens (primary N) is 1. The van der Waals surface area contributed by atoms with Gasteiger partial charge in [-0.3, -0.25) is 4.79 Å². The number of rotatable bonds is 2. The molecular weight excluding hydrogens is 278 g/mol. The molecule has 0 spiro atoms. The molecule has 1 heterocycles. The van der Waals surface area contributed by atoms with Gasteiger partial charge in [0.2, 0.25) is 15.9 Å². The SMILES string of the molecule is Cc1cc(N)c(C)c(S(=O)(=O)N2CCN(C)C(=O)C2)c1. The van der Waals surface area contributed by atoms with Gasteiger partial charge in [-0.1, -0.05) is 0 Å². The second-order valence-electron chi connectivity index (χ2n) is 5.13. The molecule has 1 aromatic carbocycles. The summed E-state index contributed by atoms with van der Waals surface area (Å²) in [4.78, 5) is 13.4. The number of piperazine rings is 1. The Morgan fingerprint density at radius 2 is 1.85 bits per heavy atom. The zero-order valence-electron chi connectivity index (χ0n) is 11.9. The summed E-state index contributed by atoms with van der Waals surface area (Å²) in [6, 6.07) is 3.34. The number of benzene rings is 1. The van der Waals surface area contributed by atoms with Crippen LogP contribution < -0.4 is 5.73 Å². The molecule has 1 aliphatic rings. The number of hydrogen-bond acceptors (Lipinski definition) is 4. The Bertz CT molecular complexity index is 655. The topological polar surface area (TPSA) is 83.7 Å². The summed E-state index contributed by atoms with van der Waals surface area (Å²) in [5, 5.41) is 0. The van der Waals surface area contributed by atoms with E-state index in [2.05, 4.69) is 0 Å². The Morgan fingerprint density at radius 3 is 2.45 bits per heavy atom. The molecule has 1 aromatic rings. The Hall–Kier alpha value is -1.60. The number of hydrogen-bond donors (Lipinski definition) is 1. The van der Waals surface area contributed by atoms with Crippen LogP contribution in [0.4, 0.5) is 5.69 Å². The van der Waals surface area contributed by atoms with Gasteiger partial charge in [0.15, 0.2) is 0 Å². The molecular formula is C13H19N3O3S. The number of carbonyl (C=O) groups is 1. The van der Waals surface area contributed by atoms with Gasteiger partial charge in [-0.15, -0.1) is 0 Å². The van der Waals surface area contributed by atoms with Gasteiger partial charge >= 0.3 is 0 Å². The Labute approximate surface area is 119 Å². The molecule has 0 saturated carbocycles. The zero-order chi connectivity index (χ0) is 15.1. The van der Waals surface area contributed by atoms with Crippen LogP contribution in [0.3, 0.4) is 0 Å². The fourth-order valence-corrected chi connectivity index (χ4v) is 3.92. The molecule has 1 aliphatic heterocycles. The van der Waals surface area contributed by atoms with Gasteiger partial charge < -0.3 is 10.6 Å². The van der Waals surface area contributed by atoms with Crippen molar-refractivity contribution in [3.8, 4) is 0 Å². The Balaban J connectivity index is 2.44. The minimum absolute atomic E-state index is 0.119. The monoisotopic (exact) mass is 297 g/mol. The average molecular weight is 297 g/mol. The number of likely N-dealkylation sites (N-methyl/N-ethyl adjacent to an activating group) is 1. The molecule has 1 fully saturated rings. The summed E-state index contributed by atoms with van der Waals surface area (Å²) < 4.78 is 26.5. The van der Waals surface area contributed by atoms with Crippen molar-refractivity contribution in [2.24, 2.45) is 0 Å². The van der Waals surface area contributed by atoms with Gasteiger partial charge in [0.1, 0.15) is 0 Å². The van der Waals surface area contributed by atoms with Crippen molar-refractivity contribution in [3.05, 3.63) is 23.3 Å². The molecule has 0 aliphatic carbocycles. The number of anilines is 1. The minimum Gasteiger partial charge on any atom is -0.398 e. The lowest BCUT2D eigenvalue weighted by Crippen LogP contribution is -2.50. The molecule has 1 saturated heterocycles. The predicted octanol–water partition coefficient (Wildman–Crippen LogP) is 0.348. The number of sulfonamides is 1. The average Bonchev–Trinajstić information content (AvgIpc) is 2.36. The Morgan fingerprint density at radius 1 is 1.20 bits per heavy atom. The van der Waals surface area contributed by atoms with Crippen LogP contribution >= 0.6 is 0 Å². The summed E-state index contributed by atoms with van der Waals surface area (Å²) >= 11 is 0. The number of amides is 1. The smallest absolute Gasteiger partial charge is 0.243 e. The molecule has 2 rings (SSSR count). The van der Waals surface area contributed by atoms with E-state index in [4.69, 9.17) is 5.73 Å². The van der Waals surface area contributed by atoms with E-state index < -0.39 is 10.0 Å². The fraction of sp³-hybridized carbons (Fsp3) is 0.462. The summed E-state index contributed by atoms with van der Waals surface area (Å²) in [5.74, 6) is -0.196. The highest BCUT2D eigenvalue weighted by atomic mass is 32.2. The molecule has 7 heteroatoms. The number of nitrogens with zero attached hydrogens (tertiary/aromatic N) is 2. The first-order valence-electron chi connectivity index (χ1n) is 6.34. The predicted molar refractivity (Wildman–Crippen MR) is 76.7 cm³/mol. The molecule has 0 aromatic heterocycles. The molecule has 0 radical (unpaired) electrons. The molecule has 0 unspecified atom stereocenters. The third kappa shape index (κ3) is 2.51. The molecule has 0 atom stereocenters. The summed E-state index contributed by atoms with van der Waals surface area (Å²) in [6.45, 7) is 4.06. The highest BCUT2D eigenvalue weighted by Gasteiger charge is 2.32. The largest absolute Gasteiger partial charge is 0.398 e. The van der Waals surface area contributed by atoms with Crippen molar-refractivity contribution < 1.29 is 13.2 Å². The van der Waals surface area contributed by atoms with Gasteiger partial charge in [0, 0.05) is 25.8 Å². The van der Waals surface area contributed by atoms with Crippen molar-refractivity contribution in [1.29, 1.82) is 0 Å². The van der Waals surface area contributed by atoms with Crippen LogP contribution in [-0.4, -0.2) is 50.2 Å².